The first-order chi connectivity index (χ1) is 9.74. The highest BCUT2D eigenvalue weighted by atomic mass is 32.1. The topological polar surface area (TPSA) is 112 Å². The van der Waals surface area contributed by atoms with E-state index in [2.05, 4.69) is 25.8 Å². The lowest BCUT2D eigenvalue weighted by Gasteiger charge is -2.08. The number of rotatable bonds is 3. The van der Waals surface area contributed by atoms with Crippen LogP contribution in [0.2, 0.25) is 0 Å². The van der Waals surface area contributed by atoms with E-state index in [4.69, 9.17) is 5.73 Å². The van der Waals surface area contributed by atoms with Crippen LogP contribution in [0.1, 0.15) is 10.5 Å². The van der Waals surface area contributed by atoms with Crippen LogP contribution in [0.4, 0.5) is 10.8 Å². The Kier molecular flexibility index (Phi) is 3.09. The van der Waals surface area contributed by atoms with Gasteiger partial charge in [0.1, 0.15) is 12.0 Å². The van der Waals surface area contributed by atoms with Gasteiger partial charge in [-0.2, -0.15) is 4.68 Å². The molecule has 3 N–H and O–H groups in total. The molecule has 0 aliphatic rings. The lowest BCUT2D eigenvalue weighted by molar-refractivity contribution is 0.102. The molecule has 3 rings (SSSR count). The molecule has 8 nitrogen and oxygen atoms in total. The van der Waals surface area contributed by atoms with Crippen LogP contribution in [0.3, 0.4) is 0 Å². The largest absolute Gasteiger partial charge is 0.375 e. The summed E-state index contributed by atoms with van der Waals surface area (Å²) in [6.07, 6.45) is 1.45. The number of tetrazole rings is 1. The first-order valence-corrected chi connectivity index (χ1v) is 6.47. The van der Waals surface area contributed by atoms with E-state index in [1.54, 1.807) is 23.6 Å². The number of para-hydroxylation sites is 2. The highest BCUT2D eigenvalue weighted by Gasteiger charge is 2.13. The van der Waals surface area contributed by atoms with Crippen molar-refractivity contribution in [3.05, 3.63) is 41.7 Å². The second kappa shape index (κ2) is 5.05. The summed E-state index contributed by atoms with van der Waals surface area (Å²) >= 11 is 1.21. The molecule has 0 aliphatic heterocycles. The van der Waals surface area contributed by atoms with Gasteiger partial charge in [-0.05, 0) is 22.6 Å². The van der Waals surface area contributed by atoms with Gasteiger partial charge in [-0.3, -0.25) is 4.79 Å². The van der Waals surface area contributed by atoms with Gasteiger partial charge in [-0.1, -0.05) is 12.1 Å². The molecule has 0 unspecified atom stereocenters. The van der Waals surface area contributed by atoms with Crippen LogP contribution in [-0.2, 0) is 0 Å². The number of hydrogen-bond donors (Lipinski definition) is 2. The molecule has 0 saturated heterocycles. The second-order valence-electron chi connectivity index (χ2n) is 3.80. The van der Waals surface area contributed by atoms with Crippen molar-refractivity contribution < 1.29 is 4.79 Å². The molecule has 100 valence electrons. The van der Waals surface area contributed by atoms with Gasteiger partial charge in [-0.15, -0.1) is 16.4 Å². The summed E-state index contributed by atoms with van der Waals surface area (Å²) in [6.45, 7) is 0. The Bertz CT molecular complexity index is 737. The minimum absolute atomic E-state index is 0.277. The summed E-state index contributed by atoms with van der Waals surface area (Å²) in [6, 6.07) is 7.18. The quantitative estimate of drug-likeness (QED) is 0.742. The highest BCUT2D eigenvalue weighted by molar-refractivity contribution is 7.13. The zero-order chi connectivity index (χ0) is 13.9. The Morgan fingerprint density at radius 2 is 2.20 bits per heavy atom. The van der Waals surface area contributed by atoms with Crippen molar-refractivity contribution >= 4 is 28.1 Å². The van der Waals surface area contributed by atoms with E-state index >= 15 is 0 Å². The van der Waals surface area contributed by atoms with Gasteiger partial charge in [0, 0.05) is 5.38 Å². The number of benzene rings is 1. The number of nitrogens with zero attached hydrogens (tertiary/aromatic N) is 5. The highest BCUT2D eigenvalue weighted by Crippen LogP contribution is 2.20. The van der Waals surface area contributed by atoms with Gasteiger partial charge in [0.25, 0.3) is 5.91 Å². The average Bonchev–Trinajstić information content (AvgIpc) is 3.10. The van der Waals surface area contributed by atoms with E-state index in [-0.39, 0.29) is 11.6 Å². The first-order valence-electron chi connectivity index (χ1n) is 5.59. The van der Waals surface area contributed by atoms with Crippen molar-refractivity contribution in [2.75, 3.05) is 11.1 Å². The van der Waals surface area contributed by atoms with Crippen LogP contribution in [0, 0.1) is 0 Å². The Balaban J connectivity index is 1.90. The van der Waals surface area contributed by atoms with Gasteiger partial charge >= 0.3 is 0 Å². The second-order valence-corrected chi connectivity index (χ2v) is 4.69. The summed E-state index contributed by atoms with van der Waals surface area (Å²) < 4.78 is 1.46. The van der Waals surface area contributed by atoms with Crippen molar-refractivity contribution in [3.8, 4) is 5.69 Å². The minimum Gasteiger partial charge on any atom is -0.375 e. The SMILES string of the molecule is Nc1nc(C(=O)Nc2ccccc2-n2cnnn2)cs1. The van der Waals surface area contributed by atoms with Crippen LogP contribution in [0.15, 0.2) is 36.0 Å². The number of carbonyl (C=O) groups is 1. The van der Waals surface area contributed by atoms with E-state index in [9.17, 15) is 4.79 Å². The van der Waals surface area contributed by atoms with Gasteiger partial charge in [0.05, 0.1) is 11.4 Å². The Hall–Kier alpha value is -2.81. The van der Waals surface area contributed by atoms with Crippen LogP contribution in [0.5, 0.6) is 0 Å². The molecule has 0 spiro atoms. The fraction of sp³-hybridized carbons (Fsp3) is 0. The van der Waals surface area contributed by atoms with Crippen molar-refractivity contribution in [1.82, 2.24) is 25.2 Å². The molecule has 0 radical (unpaired) electrons. The molecule has 0 bridgehead atoms. The summed E-state index contributed by atoms with van der Waals surface area (Å²) in [5.74, 6) is -0.335. The van der Waals surface area contributed by atoms with E-state index < -0.39 is 0 Å². The molecule has 0 fully saturated rings. The molecular weight excluding hydrogens is 278 g/mol. The minimum atomic E-state index is -0.335. The maximum atomic E-state index is 12.1. The lowest BCUT2D eigenvalue weighted by atomic mass is 10.2. The summed E-state index contributed by atoms with van der Waals surface area (Å²) in [7, 11) is 0. The number of hydrogen-bond acceptors (Lipinski definition) is 7. The number of nitrogens with one attached hydrogen (secondary N) is 1. The van der Waals surface area contributed by atoms with Crippen molar-refractivity contribution in [3.63, 3.8) is 0 Å². The molecule has 20 heavy (non-hydrogen) atoms. The third kappa shape index (κ3) is 2.34. The number of anilines is 2. The maximum Gasteiger partial charge on any atom is 0.275 e. The van der Waals surface area contributed by atoms with Crippen molar-refractivity contribution in [2.45, 2.75) is 0 Å². The molecule has 1 amide bonds. The zero-order valence-corrected chi connectivity index (χ0v) is 10.9. The van der Waals surface area contributed by atoms with E-state index in [1.165, 1.54) is 22.3 Å². The predicted molar refractivity (Wildman–Crippen MR) is 73.6 cm³/mol. The smallest absolute Gasteiger partial charge is 0.275 e. The van der Waals surface area contributed by atoms with E-state index in [0.717, 1.165) is 0 Å². The summed E-state index contributed by atoms with van der Waals surface area (Å²) in [5.41, 5.74) is 7.03. The zero-order valence-electron chi connectivity index (χ0n) is 10.1. The number of amides is 1. The van der Waals surface area contributed by atoms with Crippen LogP contribution >= 0.6 is 11.3 Å². The fourth-order valence-corrected chi connectivity index (χ4v) is 2.17. The van der Waals surface area contributed by atoms with Crippen LogP contribution < -0.4 is 11.1 Å². The fourth-order valence-electron chi connectivity index (χ4n) is 1.63. The molecule has 0 atom stereocenters. The van der Waals surface area contributed by atoms with Crippen molar-refractivity contribution in [1.29, 1.82) is 0 Å². The molecule has 9 heteroatoms. The van der Waals surface area contributed by atoms with Gasteiger partial charge in [0.15, 0.2) is 5.13 Å². The van der Waals surface area contributed by atoms with Crippen LogP contribution in [0.25, 0.3) is 5.69 Å². The molecule has 0 saturated carbocycles. The number of nitrogens with two attached hydrogens (primary N) is 1. The molecule has 3 aromatic rings. The molecule has 2 heterocycles. The van der Waals surface area contributed by atoms with Gasteiger partial charge in [-0.25, -0.2) is 4.98 Å². The lowest BCUT2D eigenvalue weighted by Crippen LogP contribution is -2.14. The number of aromatic nitrogens is 5. The number of nitrogen functional groups attached to an aromatic ring is 1. The van der Waals surface area contributed by atoms with Gasteiger partial charge in [0.2, 0.25) is 0 Å². The Labute approximate surface area is 117 Å². The first kappa shape index (κ1) is 12.2. The molecule has 2 aromatic heterocycles. The Morgan fingerprint density at radius 3 is 2.90 bits per heavy atom. The van der Waals surface area contributed by atoms with E-state index in [1.807, 2.05) is 6.07 Å². The normalized spacial score (nSPS) is 10.4. The molecular formula is C11H9N7OS. The third-order valence-electron chi connectivity index (χ3n) is 2.50. The third-order valence-corrected chi connectivity index (χ3v) is 3.18. The number of thiazole rings is 1. The standard InChI is InChI=1S/C11H9N7OS/c12-11-15-8(5-20-11)10(19)14-7-3-1-2-4-9(7)18-6-13-16-17-18/h1-6H,(H2,12,15)(H,14,19). The average molecular weight is 287 g/mol. The molecule has 1 aromatic carbocycles. The molecule has 0 aliphatic carbocycles. The monoisotopic (exact) mass is 287 g/mol. The predicted octanol–water partition coefficient (Wildman–Crippen LogP) is 0.953. The van der Waals surface area contributed by atoms with Crippen molar-refractivity contribution in [2.24, 2.45) is 0 Å². The summed E-state index contributed by atoms with van der Waals surface area (Å²) in [5, 5.41) is 15.7. The Morgan fingerprint density at radius 1 is 1.35 bits per heavy atom. The van der Waals surface area contributed by atoms with Gasteiger partial charge < -0.3 is 11.1 Å². The number of carbonyl (C=O) groups excluding carboxylic acids is 1. The maximum absolute atomic E-state index is 12.1. The van der Waals surface area contributed by atoms with E-state index in [0.29, 0.717) is 16.5 Å². The summed E-state index contributed by atoms with van der Waals surface area (Å²) in [4.78, 5) is 16.0. The van der Waals surface area contributed by atoms with Crippen LogP contribution in [-0.4, -0.2) is 31.1 Å².